The average molecular weight is 798 g/mol. The van der Waals surface area contributed by atoms with Gasteiger partial charge in [-0.25, -0.2) is 0 Å². The minimum Gasteiger partial charge on any atom is -0.310 e. The highest BCUT2D eigenvalue weighted by molar-refractivity contribution is 7.02. The lowest BCUT2D eigenvalue weighted by molar-refractivity contribution is 1.14. The summed E-state index contributed by atoms with van der Waals surface area (Å²) in [5, 5.41) is 12.6. The Hall–Kier alpha value is -8.35. The van der Waals surface area contributed by atoms with Gasteiger partial charge in [-0.15, -0.1) is 0 Å². The molecule has 5 aromatic heterocycles. The Morgan fingerprint density at radius 3 is 1.41 bits per heavy atom. The summed E-state index contributed by atoms with van der Waals surface area (Å²) in [4.78, 5) is 14.5. The maximum Gasteiger partial charge on any atom is 0.253 e. The van der Waals surface area contributed by atoms with Gasteiger partial charge in [-0.2, -0.15) is 0 Å². The van der Waals surface area contributed by atoms with Crippen molar-refractivity contribution < 1.29 is 0 Å². The molecule has 8 aromatic carbocycles. The molecule has 0 fully saturated rings. The van der Waals surface area contributed by atoms with Crippen LogP contribution in [0.4, 0.5) is 0 Å². The number of benzene rings is 8. The number of aromatic nitrogens is 5. The molecular weight excluding hydrogens is 765 g/mol. The molecule has 6 heteroatoms. The van der Waals surface area contributed by atoms with Crippen molar-refractivity contribution in [1.82, 2.24) is 24.1 Å². The van der Waals surface area contributed by atoms with E-state index >= 15 is 0 Å². The molecule has 0 radical (unpaired) electrons. The highest BCUT2D eigenvalue weighted by Crippen LogP contribution is 2.45. The minimum absolute atomic E-state index is 0.0859. The zero-order valence-corrected chi connectivity index (χ0v) is 33.8. The van der Waals surface area contributed by atoms with Crippen molar-refractivity contribution in [3.8, 4) is 45.1 Å². The first-order chi connectivity index (χ1) is 31.3. The lowest BCUT2D eigenvalue weighted by atomic mass is 9.33. The summed E-state index contributed by atoms with van der Waals surface area (Å²) >= 11 is 0. The number of pyridine rings is 3. The fraction of sp³-hybridized carbons (Fsp3) is 0. The van der Waals surface area contributed by atoms with E-state index in [9.17, 15) is 0 Å². The van der Waals surface area contributed by atoms with Crippen LogP contribution < -0.4 is 16.4 Å². The van der Waals surface area contributed by atoms with E-state index in [0.29, 0.717) is 0 Å². The third-order valence-corrected chi connectivity index (χ3v) is 14.0. The number of rotatable bonds is 3. The third-order valence-electron chi connectivity index (χ3n) is 14.0. The number of hydrogen-bond donors (Lipinski definition) is 0. The van der Waals surface area contributed by atoms with Gasteiger partial charge in [-0.05, 0) is 134 Å². The molecule has 0 saturated heterocycles. The predicted molar refractivity (Wildman–Crippen MR) is 262 cm³/mol. The molecule has 0 bridgehead atoms. The van der Waals surface area contributed by atoms with Gasteiger partial charge >= 0.3 is 0 Å². The first-order valence-corrected chi connectivity index (χ1v) is 21.6. The molecule has 63 heavy (non-hydrogen) atoms. The number of fused-ring (bicyclic) bond motifs is 17. The predicted octanol–water partition coefficient (Wildman–Crippen LogP) is 11.7. The van der Waals surface area contributed by atoms with E-state index in [4.69, 9.17) is 15.0 Å². The van der Waals surface area contributed by atoms with Crippen molar-refractivity contribution in [3.63, 3.8) is 0 Å². The van der Waals surface area contributed by atoms with E-state index in [2.05, 4.69) is 167 Å². The number of hydrogen-bond acceptors (Lipinski definition) is 3. The van der Waals surface area contributed by atoms with Gasteiger partial charge in [0.25, 0.3) is 6.71 Å². The first-order valence-electron chi connectivity index (χ1n) is 21.6. The fourth-order valence-electron chi connectivity index (χ4n) is 11.5. The van der Waals surface area contributed by atoms with Crippen LogP contribution in [0, 0.1) is 0 Å². The summed E-state index contributed by atoms with van der Waals surface area (Å²) in [6.07, 6.45) is 5.67. The van der Waals surface area contributed by atoms with Gasteiger partial charge in [-0.3, -0.25) is 15.0 Å². The second-order valence-electron chi connectivity index (χ2n) is 17.1. The quantitative estimate of drug-likeness (QED) is 0.132. The molecule has 5 nitrogen and oxygen atoms in total. The second-order valence-corrected chi connectivity index (χ2v) is 17.1. The highest BCUT2D eigenvalue weighted by atomic mass is 15.0. The first kappa shape index (κ1) is 33.4. The van der Waals surface area contributed by atoms with E-state index in [-0.39, 0.29) is 6.71 Å². The molecule has 0 aliphatic carbocycles. The topological polar surface area (TPSA) is 48.5 Å². The lowest BCUT2D eigenvalue weighted by Crippen LogP contribution is -2.59. The average Bonchev–Trinajstić information content (AvgIpc) is 3.87. The summed E-state index contributed by atoms with van der Waals surface area (Å²) in [5.41, 5.74) is 17.5. The van der Waals surface area contributed by atoms with Gasteiger partial charge in [0.15, 0.2) is 0 Å². The maximum atomic E-state index is 4.96. The SMILES string of the molecule is c1ccc(-c2ccc3c(c2)c2cc(-c4ccccn4)cc4c2n3-c2cccc3c2B4c2c4c5ccccc5c5ccccc5c4cc4c5cc(-c6ccccn6)ccc5n-3c24)nc1. The van der Waals surface area contributed by atoms with E-state index in [1.54, 1.807) is 0 Å². The summed E-state index contributed by atoms with van der Waals surface area (Å²) in [6.45, 7) is -0.0859. The molecule has 2 aliphatic heterocycles. The van der Waals surface area contributed by atoms with Crippen LogP contribution in [0.2, 0.25) is 0 Å². The molecule has 288 valence electrons. The summed E-state index contributed by atoms with van der Waals surface area (Å²) < 4.78 is 5.13. The van der Waals surface area contributed by atoms with Gasteiger partial charge in [0.05, 0.1) is 33.6 Å². The summed E-state index contributed by atoms with van der Waals surface area (Å²) in [6, 6.07) is 64.7. The van der Waals surface area contributed by atoms with Crippen molar-refractivity contribution in [2.24, 2.45) is 0 Å². The van der Waals surface area contributed by atoms with Crippen LogP contribution in [0.25, 0.3) is 121 Å². The minimum atomic E-state index is -0.0859. The van der Waals surface area contributed by atoms with Crippen LogP contribution in [-0.4, -0.2) is 30.8 Å². The Morgan fingerprint density at radius 1 is 0.333 bits per heavy atom. The van der Waals surface area contributed by atoms with Gasteiger partial charge in [0.2, 0.25) is 0 Å². The molecule has 7 heterocycles. The maximum absolute atomic E-state index is 4.96. The van der Waals surface area contributed by atoms with Gasteiger partial charge in [0, 0.05) is 73.7 Å². The highest BCUT2D eigenvalue weighted by Gasteiger charge is 2.42. The van der Waals surface area contributed by atoms with E-state index in [0.717, 1.165) is 33.8 Å². The molecular formula is C57H32BN5. The Kier molecular flexibility index (Phi) is 6.44. The van der Waals surface area contributed by atoms with Crippen LogP contribution in [0.1, 0.15) is 0 Å². The second kappa shape index (κ2) is 12.1. The summed E-state index contributed by atoms with van der Waals surface area (Å²) in [5.74, 6) is 0. The van der Waals surface area contributed by atoms with Crippen LogP contribution in [0.3, 0.4) is 0 Å². The smallest absolute Gasteiger partial charge is 0.253 e. The Labute approximate surface area is 361 Å². The van der Waals surface area contributed by atoms with Crippen LogP contribution in [0.5, 0.6) is 0 Å². The standard InChI is InChI=1S/C57H32BN5/c1-2-14-38-36(12-1)37-13-3-4-15-39(37)53-42(38)32-44-41-29-34(47-17-6-9-26-60-47)22-24-50(41)63-52-20-11-19-51-54(52)58(55(53)57(44)63)45-31-35(48-18-7-10-27-61-48)30-43-40-28-33(46-16-5-8-25-59-46)21-23-49(40)62(51)56(43)45/h1-32H. The van der Waals surface area contributed by atoms with Crippen molar-refractivity contribution in [1.29, 1.82) is 0 Å². The molecule has 0 unspecified atom stereocenters. The molecule has 0 N–H and O–H groups in total. The van der Waals surface area contributed by atoms with E-state index in [1.165, 1.54) is 104 Å². The van der Waals surface area contributed by atoms with Crippen LogP contribution in [0.15, 0.2) is 195 Å². The lowest BCUT2D eigenvalue weighted by Gasteiger charge is -2.34. The van der Waals surface area contributed by atoms with Crippen molar-refractivity contribution in [2.75, 3.05) is 0 Å². The molecule has 2 aliphatic rings. The van der Waals surface area contributed by atoms with Crippen LogP contribution >= 0.6 is 0 Å². The zero-order valence-electron chi connectivity index (χ0n) is 33.8. The fourth-order valence-corrected chi connectivity index (χ4v) is 11.5. The normalized spacial score (nSPS) is 12.7. The third kappa shape index (κ3) is 4.34. The molecule has 15 rings (SSSR count). The monoisotopic (exact) mass is 797 g/mol. The molecule has 13 aromatic rings. The van der Waals surface area contributed by atoms with Crippen molar-refractivity contribution in [3.05, 3.63) is 195 Å². The zero-order chi connectivity index (χ0) is 40.9. The van der Waals surface area contributed by atoms with Crippen molar-refractivity contribution in [2.45, 2.75) is 0 Å². The van der Waals surface area contributed by atoms with Crippen molar-refractivity contribution >= 4 is 99.0 Å². The van der Waals surface area contributed by atoms with E-state index in [1.807, 2.05) is 36.8 Å². The number of nitrogens with zero attached hydrogens (tertiary/aromatic N) is 5. The largest absolute Gasteiger partial charge is 0.310 e. The van der Waals surface area contributed by atoms with Gasteiger partial charge < -0.3 is 9.13 Å². The molecule has 0 amide bonds. The Bertz CT molecular complexity index is 4140. The molecule has 0 spiro atoms. The summed E-state index contributed by atoms with van der Waals surface area (Å²) in [7, 11) is 0. The molecule has 0 atom stereocenters. The van der Waals surface area contributed by atoms with E-state index < -0.39 is 0 Å². The van der Waals surface area contributed by atoms with Crippen LogP contribution in [-0.2, 0) is 0 Å². The van der Waals surface area contributed by atoms with Gasteiger partial charge in [-0.1, -0.05) is 91.0 Å². The Balaban J connectivity index is 1.17. The Morgan fingerprint density at radius 2 is 0.825 bits per heavy atom. The molecule has 0 saturated carbocycles. The van der Waals surface area contributed by atoms with Gasteiger partial charge in [0.1, 0.15) is 0 Å².